The molecule has 2 aromatic rings. The molecule has 0 unspecified atom stereocenters. The number of aryl methyl sites for hydroxylation is 1. The SMILES string of the molecule is CCc1ccccc1NC(=O)CCN1CCN(c2ccc(OC)cc2)CC1. The number of methoxy groups -OCH3 is 1. The van der Waals surface area contributed by atoms with Crippen LogP contribution in [0.25, 0.3) is 0 Å². The first kappa shape index (κ1) is 19.2. The van der Waals surface area contributed by atoms with Crippen molar-refractivity contribution in [1.82, 2.24) is 4.90 Å². The Labute approximate surface area is 161 Å². The maximum Gasteiger partial charge on any atom is 0.225 e. The maximum atomic E-state index is 12.3. The van der Waals surface area contributed by atoms with Gasteiger partial charge in [-0.1, -0.05) is 25.1 Å². The highest BCUT2D eigenvalue weighted by Crippen LogP contribution is 2.20. The summed E-state index contributed by atoms with van der Waals surface area (Å²) >= 11 is 0. The molecular formula is C22H29N3O2. The first-order valence-electron chi connectivity index (χ1n) is 9.68. The van der Waals surface area contributed by atoms with Crippen LogP contribution in [0.4, 0.5) is 11.4 Å². The Hall–Kier alpha value is -2.53. The van der Waals surface area contributed by atoms with Gasteiger partial charge in [-0.25, -0.2) is 0 Å². The quantitative estimate of drug-likeness (QED) is 0.815. The van der Waals surface area contributed by atoms with Crippen LogP contribution in [0.2, 0.25) is 0 Å². The molecule has 5 nitrogen and oxygen atoms in total. The second-order valence-corrected chi connectivity index (χ2v) is 6.84. The molecule has 27 heavy (non-hydrogen) atoms. The van der Waals surface area contributed by atoms with Gasteiger partial charge in [-0.3, -0.25) is 9.69 Å². The van der Waals surface area contributed by atoms with Gasteiger partial charge in [0, 0.05) is 50.5 Å². The van der Waals surface area contributed by atoms with E-state index in [-0.39, 0.29) is 5.91 Å². The van der Waals surface area contributed by atoms with Crippen molar-refractivity contribution in [2.75, 3.05) is 50.1 Å². The van der Waals surface area contributed by atoms with E-state index < -0.39 is 0 Å². The van der Waals surface area contributed by atoms with Crippen molar-refractivity contribution in [1.29, 1.82) is 0 Å². The zero-order valence-electron chi connectivity index (χ0n) is 16.3. The lowest BCUT2D eigenvalue weighted by molar-refractivity contribution is -0.116. The van der Waals surface area contributed by atoms with Crippen molar-refractivity contribution >= 4 is 17.3 Å². The lowest BCUT2D eigenvalue weighted by atomic mass is 10.1. The number of nitrogens with one attached hydrogen (secondary N) is 1. The molecule has 144 valence electrons. The lowest BCUT2D eigenvalue weighted by Gasteiger charge is -2.36. The maximum absolute atomic E-state index is 12.3. The van der Waals surface area contributed by atoms with Crippen molar-refractivity contribution in [3.8, 4) is 5.75 Å². The van der Waals surface area contributed by atoms with E-state index in [0.717, 1.165) is 50.6 Å². The van der Waals surface area contributed by atoms with Gasteiger partial charge in [0.2, 0.25) is 5.91 Å². The van der Waals surface area contributed by atoms with E-state index in [1.807, 2.05) is 30.3 Å². The Balaban J connectivity index is 1.43. The summed E-state index contributed by atoms with van der Waals surface area (Å²) in [6, 6.07) is 16.2. The summed E-state index contributed by atoms with van der Waals surface area (Å²) in [5.41, 5.74) is 3.35. The number of carbonyl (C=O) groups is 1. The molecule has 1 amide bonds. The topological polar surface area (TPSA) is 44.8 Å². The number of rotatable bonds is 7. The number of benzene rings is 2. The predicted octanol–water partition coefficient (Wildman–Crippen LogP) is 3.41. The Bertz CT molecular complexity index is 737. The standard InChI is InChI=1S/C22H29N3O2/c1-3-18-6-4-5-7-21(18)23-22(26)12-13-24-14-16-25(17-15-24)19-8-10-20(27-2)11-9-19/h4-11H,3,12-17H2,1-2H3,(H,23,26). The second-order valence-electron chi connectivity index (χ2n) is 6.84. The Morgan fingerprint density at radius 3 is 2.41 bits per heavy atom. The number of ether oxygens (including phenoxy) is 1. The fraction of sp³-hybridized carbons (Fsp3) is 0.409. The predicted molar refractivity (Wildman–Crippen MR) is 111 cm³/mol. The van der Waals surface area contributed by atoms with Crippen LogP contribution < -0.4 is 15.0 Å². The van der Waals surface area contributed by atoms with Crippen LogP contribution in [0.1, 0.15) is 18.9 Å². The van der Waals surface area contributed by atoms with Gasteiger partial charge in [-0.15, -0.1) is 0 Å². The van der Waals surface area contributed by atoms with Crippen LogP contribution in [0.15, 0.2) is 48.5 Å². The van der Waals surface area contributed by atoms with Gasteiger partial charge in [0.25, 0.3) is 0 Å². The van der Waals surface area contributed by atoms with E-state index in [9.17, 15) is 4.79 Å². The Kier molecular flexibility index (Phi) is 6.71. The third kappa shape index (κ3) is 5.23. The van der Waals surface area contributed by atoms with Crippen molar-refractivity contribution < 1.29 is 9.53 Å². The van der Waals surface area contributed by atoms with E-state index in [4.69, 9.17) is 4.74 Å². The number of anilines is 2. The average molecular weight is 367 g/mol. The molecule has 1 aliphatic rings. The zero-order chi connectivity index (χ0) is 19.1. The number of hydrogen-bond acceptors (Lipinski definition) is 4. The van der Waals surface area contributed by atoms with Crippen molar-refractivity contribution in [3.63, 3.8) is 0 Å². The lowest BCUT2D eigenvalue weighted by Crippen LogP contribution is -2.47. The first-order valence-corrected chi connectivity index (χ1v) is 9.68. The molecular weight excluding hydrogens is 338 g/mol. The molecule has 0 saturated carbocycles. The summed E-state index contributed by atoms with van der Waals surface area (Å²) in [6.07, 6.45) is 1.45. The number of carbonyl (C=O) groups excluding carboxylic acids is 1. The fourth-order valence-corrected chi connectivity index (χ4v) is 3.45. The summed E-state index contributed by atoms with van der Waals surface area (Å²) in [7, 11) is 1.69. The molecule has 0 bridgehead atoms. The molecule has 1 fully saturated rings. The first-order chi connectivity index (χ1) is 13.2. The molecule has 1 aliphatic heterocycles. The number of para-hydroxylation sites is 1. The molecule has 0 atom stereocenters. The van der Waals surface area contributed by atoms with Gasteiger partial charge < -0.3 is 15.0 Å². The number of piperazine rings is 1. The van der Waals surface area contributed by atoms with Crippen LogP contribution in [-0.4, -0.2) is 50.6 Å². The van der Waals surface area contributed by atoms with E-state index in [0.29, 0.717) is 6.42 Å². The Morgan fingerprint density at radius 1 is 1.04 bits per heavy atom. The number of hydrogen-bond donors (Lipinski definition) is 1. The summed E-state index contributed by atoms with van der Waals surface area (Å²) in [4.78, 5) is 17.1. The Morgan fingerprint density at radius 2 is 1.74 bits per heavy atom. The molecule has 1 heterocycles. The van der Waals surface area contributed by atoms with Crippen molar-refractivity contribution in [2.24, 2.45) is 0 Å². The van der Waals surface area contributed by atoms with Crippen LogP contribution in [0, 0.1) is 0 Å². The highest BCUT2D eigenvalue weighted by Gasteiger charge is 2.18. The third-order valence-electron chi connectivity index (χ3n) is 5.14. The molecule has 0 aromatic heterocycles. The van der Waals surface area contributed by atoms with Gasteiger partial charge in [-0.2, -0.15) is 0 Å². The smallest absolute Gasteiger partial charge is 0.225 e. The summed E-state index contributed by atoms with van der Waals surface area (Å²) in [5, 5.41) is 3.06. The van der Waals surface area contributed by atoms with Gasteiger partial charge in [-0.05, 0) is 42.3 Å². The molecule has 0 aliphatic carbocycles. The number of nitrogens with zero attached hydrogens (tertiary/aromatic N) is 2. The molecule has 3 rings (SSSR count). The second kappa shape index (κ2) is 9.42. The normalized spacial score (nSPS) is 14.8. The molecule has 2 aromatic carbocycles. The minimum absolute atomic E-state index is 0.0912. The molecule has 1 saturated heterocycles. The van der Waals surface area contributed by atoms with Gasteiger partial charge in [0.1, 0.15) is 5.75 Å². The van der Waals surface area contributed by atoms with Gasteiger partial charge in [0.15, 0.2) is 0 Å². The van der Waals surface area contributed by atoms with E-state index in [2.05, 4.69) is 40.2 Å². The third-order valence-corrected chi connectivity index (χ3v) is 5.14. The van der Waals surface area contributed by atoms with E-state index >= 15 is 0 Å². The van der Waals surface area contributed by atoms with Gasteiger partial charge in [0.05, 0.1) is 7.11 Å². The van der Waals surface area contributed by atoms with E-state index in [1.165, 1.54) is 11.3 Å². The van der Waals surface area contributed by atoms with Crippen LogP contribution >= 0.6 is 0 Å². The molecule has 0 spiro atoms. The van der Waals surface area contributed by atoms with E-state index in [1.54, 1.807) is 7.11 Å². The fourth-order valence-electron chi connectivity index (χ4n) is 3.45. The molecule has 5 heteroatoms. The summed E-state index contributed by atoms with van der Waals surface area (Å²) in [6.45, 7) is 6.82. The van der Waals surface area contributed by atoms with Crippen molar-refractivity contribution in [3.05, 3.63) is 54.1 Å². The largest absolute Gasteiger partial charge is 0.497 e. The molecule has 1 N–H and O–H groups in total. The summed E-state index contributed by atoms with van der Waals surface area (Å²) in [5.74, 6) is 0.974. The zero-order valence-corrected chi connectivity index (χ0v) is 16.3. The highest BCUT2D eigenvalue weighted by molar-refractivity contribution is 5.91. The average Bonchev–Trinajstić information content (AvgIpc) is 2.73. The van der Waals surface area contributed by atoms with Crippen LogP contribution in [0.5, 0.6) is 5.75 Å². The van der Waals surface area contributed by atoms with Crippen LogP contribution in [-0.2, 0) is 11.2 Å². The minimum Gasteiger partial charge on any atom is -0.497 e. The van der Waals surface area contributed by atoms with Crippen LogP contribution in [0.3, 0.4) is 0 Å². The molecule has 0 radical (unpaired) electrons. The highest BCUT2D eigenvalue weighted by atomic mass is 16.5. The van der Waals surface area contributed by atoms with Crippen molar-refractivity contribution in [2.45, 2.75) is 19.8 Å². The van der Waals surface area contributed by atoms with Gasteiger partial charge >= 0.3 is 0 Å². The monoisotopic (exact) mass is 367 g/mol. The minimum atomic E-state index is 0.0912. The summed E-state index contributed by atoms with van der Waals surface area (Å²) < 4.78 is 5.22. The number of amides is 1.